The van der Waals surface area contributed by atoms with Crippen LogP contribution < -0.4 is 4.74 Å². The highest BCUT2D eigenvalue weighted by Crippen LogP contribution is 2.32. The third-order valence-corrected chi connectivity index (χ3v) is 5.34. The maximum absolute atomic E-state index is 12.8. The number of likely N-dealkylation sites (N-methyl/N-ethyl adjacent to an activating group) is 1. The van der Waals surface area contributed by atoms with E-state index in [4.69, 9.17) is 16.3 Å². The number of halogens is 1. The van der Waals surface area contributed by atoms with E-state index in [1.807, 2.05) is 30.3 Å². The Morgan fingerprint density at radius 3 is 2.75 bits per heavy atom. The first-order valence-electron chi connectivity index (χ1n) is 9.43. The first-order valence-corrected chi connectivity index (χ1v) is 9.81. The molecule has 0 fully saturated rings. The molecule has 2 aromatic rings. The molecular formula is C22H25ClN2O3. The lowest BCUT2D eigenvalue weighted by Gasteiger charge is -2.37. The van der Waals surface area contributed by atoms with Gasteiger partial charge >= 0.3 is 0 Å². The molecule has 1 heterocycles. The maximum Gasteiger partial charge on any atom is 0.224 e. The summed E-state index contributed by atoms with van der Waals surface area (Å²) in [6, 6.07) is 15.0. The molecule has 0 spiro atoms. The second-order valence-corrected chi connectivity index (χ2v) is 7.44. The SMILES string of the molecule is CC(=O)N1CCc2ccccc2C1CC(=O)N(C)CCOc1cccc(Cl)c1. The molecule has 28 heavy (non-hydrogen) atoms. The lowest BCUT2D eigenvalue weighted by atomic mass is 9.90. The fraction of sp³-hybridized carbons (Fsp3) is 0.364. The Bertz CT molecular complexity index is 855. The minimum Gasteiger partial charge on any atom is -0.492 e. The number of amides is 2. The molecule has 3 rings (SSSR count). The van der Waals surface area contributed by atoms with E-state index in [0.29, 0.717) is 30.5 Å². The molecule has 0 aromatic heterocycles. The van der Waals surface area contributed by atoms with E-state index < -0.39 is 0 Å². The number of nitrogens with zero attached hydrogens (tertiary/aromatic N) is 2. The van der Waals surface area contributed by atoms with E-state index in [0.717, 1.165) is 12.0 Å². The molecule has 148 valence electrons. The topological polar surface area (TPSA) is 49.9 Å². The normalized spacial score (nSPS) is 15.7. The van der Waals surface area contributed by atoms with Crippen LogP contribution in [0.5, 0.6) is 5.75 Å². The van der Waals surface area contributed by atoms with Gasteiger partial charge in [-0.3, -0.25) is 9.59 Å². The molecule has 0 radical (unpaired) electrons. The minimum absolute atomic E-state index is 0.000698. The molecule has 0 bridgehead atoms. The van der Waals surface area contributed by atoms with E-state index in [-0.39, 0.29) is 24.3 Å². The summed E-state index contributed by atoms with van der Waals surface area (Å²) in [6.07, 6.45) is 1.09. The van der Waals surface area contributed by atoms with Crippen LogP contribution in [0, 0.1) is 0 Å². The largest absolute Gasteiger partial charge is 0.492 e. The summed E-state index contributed by atoms with van der Waals surface area (Å²) in [4.78, 5) is 28.3. The predicted molar refractivity (Wildman–Crippen MR) is 109 cm³/mol. The van der Waals surface area contributed by atoms with Gasteiger partial charge in [0, 0.05) is 25.5 Å². The number of rotatable bonds is 6. The van der Waals surface area contributed by atoms with Crippen LogP contribution in [0.25, 0.3) is 0 Å². The monoisotopic (exact) mass is 400 g/mol. The lowest BCUT2D eigenvalue weighted by molar-refractivity contribution is -0.136. The van der Waals surface area contributed by atoms with Crippen molar-refractivity contribution in [2.24, 2.45) is 0 Å². The van der Waals surface area contributed by atoms with Crippen molar-refractivity contribution >= 4 is 23.4 Å². The zero-order valence-corrected chi connectivity index (χ0v) is 17.0. The van der Waals surface area contributed by atoms with Gasteiger partial charge in [0.25, 0.3) is 0 Å². The highest BCUT2D eigenvalue weighted by molar-refractivity contribution is 6.30. The molecular weight excluding hydrogens is 376 g/mol. The van der Waals surface area contributed by atoms with Crippen LogP contribution in [0.4, 0.5) is 0 Å². The number of fused-ring (bicyclic) bond motifs is 1. The average molecular weight is 401 g/mol. The van der Waals surface area contributed by atoms with Crippen molar-refractivity contribution in [1.29, 1.82) is 0 Å². The minimum atomic E-state index is -0.216. The van der Waals surface area contributed by atoms with Gasteiger partial charge in [-0.25, -0.2) is 0 Å². The Morgan fingerprint density at radius 1 is 1.21 bits per heavy atom. The molecule has 5 nitrogen and oxygen atoms in total. The summed E-state index contributed by atoms with van der Waals surface area (Å²) in [7, 11) is 1.76. The number of carbonyl (C=O) groups is 2. The quantitative estimate of drug-likeness (QED) is 0.742. The second kappa shape index (κ2) is 9.11. The van der Waals surface area contributed by atoms with Crippen molar-refractivity contribution in [2.75, 3.05) is 26.7 Å². The smallest absolute Gasteiger partial charge is 0.224 e. The van der Waals surface area contributed by atoms with E-state index in [1.165, 1.54) is 5.56 Å². The standard InChI is InChI=1S/C22H25ClN2O3/c1-16(26)25-11-10-17-6-3-4-9-20(17)21(25)15-22(27)24(2)12-13-28-19-8-5-7-18(23)14-19/h3-9,14,21H,10-13,15H2,1-2H3. The Balaban J connectivity index is 1.61. The number of hydrogen-bond donors (Lipinski definition) is 0. The molecule has 1 unspecified atom stereocenters. The van der Waals surface area contributed by atoms with Crippen molar-refractivity contribution in [2.45, 2.75) is 25.8 Å². The Morgan fingerprint density at radius 2 is 2.00 bits per heavy atom. The van der Waals surface area contributed by atoms with Crippen molar-refractivity contribution in [3.63, 3.8) is 0 Å². The molecule has 1 atom stereocenters. The third-order valence-electron chi connectivity index (χ3n) is 5.10. The molecule has 2 aromatic carbocycles. The van der Waals surface area contributed by atoms with Gasteiger partial charge in [-0.05, 0) is 35.7 Å². The van der Waals surface area contributed by atoms with E-state index in [1.54, 1.807) is 35.9 Å². The molecule has 6 heteroatoms. The fourth-order valence-corrected chi connectivity index (χ4v) is 3.73. The third kappa shape index (κ3) is 4.84. The zero-order chi connectivity index (χ0) is 20.1. The highest BCUT2D eigenvalue weighted by atomic mass is 35.5. The van der Waals surface area contributed by atoms with Crippen molar-refractivity contribution in [3.8, 4) is 5.75 Å². The molecule has 0 N–H and O–H groups in total. The molecule has 1 aliphatic rings. The first kappa shape index (κ1) is 20.2. The summed E-state index contributed by atoms with van der Waals surface area (Å²) >= 11 is 5.95. The van der Waals surface area contributed by atoms with Gasteiger partial charge in [-0.15, -0.1) is 0 Å². The Labute approximate surface area is 170 Å². The summed E-state index contributed by atoms with van der Waals surface area (Å²) in [5.74, 6) is 0.666. The fourth-order valence-electron chi connectivity index (χ4n) is 3.55. The highest BCUT2D eigenvalue weighted by Gasteiger charge is 2.31. The second-order valence-electron chi connectivity index (χ2n) is 7.00. The van der Waals surface area contributed by atoms with E-state index in [2.05, 4.69) is 6.07 Å². The first-order chi connectivity index (χ1) is 13.5. The summed E-state index contributed by atoms with van der Waals surface area (Å²) in [6.45, 7) is 3.04. The predicted octanol–water partition coefficient (Wildman–Crippen LogP) is 3.71. The van der Waals surface area contributed by atoms with Crippen LogP contribution >= 0.6 is 11.6 Å². The van der Waals surface area contributed by atoms with Gasteiger partial charge in [0.2, 0.25) is 11.8 Å². The van der Waals surface area contributed by atoms with Gasteiger partial charge in [0.05, 0.1) is 19.0 Å². The van der Waals surface area contributed by atoms with Gasteiger partial charge in [-0.1, -0.05) is 41.9 Å². The Hall–Kier alpha value is -2.53. The van der Waals surface area contributed by atoms with Crippen molar-refractivity contribution in [1.82, 2.24) is 9.80 Å². The van der Waals surface area contributed by atoms with Crippen LogP contribution in [0.1, 0.15) is 30.5 Å². The Kier molecular flexibility index (Phi) is 6.57. The summed E-state index contributed by atoms with van der Waals surface area (Å²) in [5, 5.41) is 0.613. The molecule has 0 aliphatic carbocycles. The number of benzene rings is 2. The number of ether oxygens (including phenoxy) is 1. The van der Waals surface area contributed by atoms with Crippen LogP contribution in [0.15, 0.2) is 48.5 Å². The maximum atomic E-state index is 12.8. The van der Waals surface area contributed by atoms with Crippen LogP contribution in [0.3, 0.4) is 0 Å². The van der Waals surface area contributed by atoms with Gasteiger partial charge in [-0.2, -0.15) is 0 Å². The molecule has 1 aliphatic heterocycles. The number of carbonyl (C=O) groups excluding carboxylic acids is 2. The van der Waals surface area contributed by atoms with Crippen LogP contribution in [0.2, 0.25) is 5.02 Å². The van der Waals surface area contributed by atoms with Crippen LogP contribution in [-0.4, -0.2) is 48.4 Å². The van der Waals surface area contributed by atoms with Crippen LogP contribution in [-0.2, 0) is 16.0 Å². The number of hydrogen-bond acceptors (Lipinski definition) is 3. The average Bonchev–Trinajstić information content (AvgIpc) is 2.68. The van der Waals surface area contributed by atoms with Crippen molar-refractivity contribution < 1.29 is 14.3 Å². The van der Waals surface area contributed by atoms with Crippen molar-refractivity contribution in [3.05, 3.63) is 64.7 Å². The summed E-state index contributed by atoms with van der Waals surface area (Å²) < 4.78 is 5.67. The lowest BCUT2D eigenvalue weighted by Crippen LogP contribution is -2.42. The molecule has 0 saturated heterocycles. The molecule has 0 saturated carbocycles. The molecule has 2 amide bonds. The zero-order valence-electron chi connectivity index (χ0n) is 16.2. The van der Waals surface area contributed by atoms with E-state index >= 15 is 0 Å². The van der Waals surface area contributed by atoms with Gasteiger partial charge < -0.3 is 14.5 Å². The van der Waals surface area contributed by atoms with E-state index in [9.17, 15) is 9.59 Å². The summed E-state index contributed by atoms with van der Waals surface area (Å²) in [5.41, 5.74) is 2.28. The van der Waals surface area contributed by atoms with Gasteiger partial charge in [0.15, 0.2) is 0 Å². The van der Waals surface area contributed by atoms with Gasteiger partial charge in [0.1, 0.15) is 12.4 Å².